The summed E-state index contributed by atoms with van der Waals surface area (Å²) in [5.74, 6) is 0. The first-order valence-electron chi connectivity index (χ1n) is 1.13. The molecule has 0 rings (SSSR count). The largest absolute Gasteiger partial charge is 0.411 e. The summed E-state index contributed by atoms with van der Waals surface area (Å²) in [5.41, 5.74) is 0. The second-order valence-corrected chi connectivity index (χ2v) is 1.10. The molecule has 1 N–H and O–H groups in total. The summed E-state index contributed by atoms with van der Waals surface area (Å²) in [5, 5.41) is 10.9. The fourth-order valence-corrected chi connectivity index (χ4v) is 0.160. The summed E-state index contributed by atoms with van der Waals surface area (Å²) >= 11 is 3.00. The standard InChI is InChI=1S/C2H4BrNO/c3-1-2-4-5/h2,5H,1H2. The van der Waals surface area contributed by atoms with Crippen LogP contribution in [-0.2, 0) is 0 Å². The molecule has 3 heteroatoms. The minimum Gasteiger partial charge on any atom is -0.411 e. The first-order valence-corrected chi connectivity index (χ1v) is 2.26. The Bertz CT molecular complexity index is 36.6. The van der Waals surface area contributed by atoms with E-state index in [9.17, 15) is 0 Å². The summed E-state index contributed by atoms with van der Waals surface area (Å²) in [7, 11) is 0. The Balaban J connectivity index is 2.62. The van der Waals surface area contributed by atoms with E-state index < -0.39 is 0 Å². The zero-order valence-corrected chi connectivity index (χ0v) is 4.14. The summed E-state index contributed by atoms with van der Waals surface area (Å²) in [4.78, 5) is 0. The minimum absolute atomic E-state index is 0.615. The molecule has 2 nitrogen and oxygen atoms in total. The van der Waals surface area contributed by atoms with Gasteiger partial charge in [-0.05, 0) is 0 Å². The van der Waals surface area contributed by atoms with Crippen LogP contribution in [0.2, 0.25) is 0 Å². The molecule has 0 bridgehead atoms. The highest BCUT2D eigenvalue weighted by Crippen LogP contribution is 1.68. The van der Waals surface area contributed by atoms with Gasteiger partial charge in [0.25, 0.3) is 0 Å². The van der Waals surface area contributed by atoms with Crippen molar-refractivity contribution in [1.29, 1.82) is 0 Å². The Hall–Kier alpha value is -0.0500. The quantitative estimate of drug-likeness (QED) is 0.247. The first kappa shape index (κ1) is 4.95. The van der Waals surface area contributed by atoms with Gasteiger partial charge in [-0.1, -0.05) is 15.9 Å². The number of hydrogen-bond donors (Lipinski definition) is 1. The lowest BCUT2D eigenvalue weighted by Gasteiger charge is -1.63. The number of nitrogens with zero attached hydrogens (tertiary/aromatic N) is 1. The van der Waals surface area contributed by atoms with Crippen LogP contribution in [0, 0.1) is 0 Å². The van der Waals surface area contributed by atoms with E-state index in [-0.39, 0.29) is 0 Å². The third-order valence-electron chi connectivity index (χ3n) is 0.151. The van der Waals surface area contributed by atoms with E-state index in [0.717, 1.165) is 0 Å². The second kappa shape index (κ2) is 3.95. The number of halogens is 1. The summed E-state index contributed by atoms with van der Waals surface area (Å²) < 4.78 is 0. The predicted molar refractivity (Wildman–Crippen MR) is 24.1 cm³/mol. The van der Waals surface area contributed by atoms with Crippen molar-refractivity contribution in [3.05, 3.63) is 0 Å². The third kappa shape index (κ3) is 3.95. The van der Waals surface area contributed by atoms with E-state index in [2.05, 4.69) is 21.1 Å². The molecule has 0 spiro atoms. The molecule has 0 atom stereocenters. The highest BCUT2D eigenvalue weighted by Gasteiger charge is 1.57. The zero-order chi connectivity index (χ0) is 4.12. The van der Waals surface area contributed by atoms with Gasteiger partial charge in [0.05, 0.1) is 6.21 Å². The smallest absolute Gasteiger partial charge is 0.0541 e. The number of alkyl halides is 1. The summed E-state index contributed by atoms with van der Waals surface area (Å²) in [6.07, 6.45) is 1.35. The molecule has 0 aliphatic carbocycles. The molecule has 0 aliphatic heterocycles. The van der Waals surface area contributed by atoms with Crippen molar-refractivity contribution in [3.63, 3.8) is 0 Å². The molecule has 0 heterocycles. The topological polar surface area (TPSA) is 32.6 Å². The van der Waals surface area contributed by atoms with E-state index in [1.165, 1.54) is 6.21 Å². The van der Waals surface area contributed by atoms with Crippen LogP contribution in [0.1, 0.15) is 0 Å². The fraction of sp³-hybridized carbons (Fsp3) is 0.500. The normalized spacial score (nSPS) is 9.80. The van der Waals surface area contributed by atoms with Crippen LogP contribution < -0.4 is 0 Å². The monoisotopic (exact) mass is 137 g/mol. The molecule has 0 saturated carbocycles. The third-order valence-corrected chi connectivity index (χ3v) is 0.440. The van der Waals surface area contributed by atoms with Crippen LogP contribution in [0.25, 0.3) is 0 Å². The van der Waals surface area contributed by atoms with E-state index in [0.29, 0.717) is 5.33 Å². The van der Waals surface area contributed by atoms with Crippen molar-refractivity contribution in [2.75, 3.05) is 5.33 Å². The molecule has 5 heavy (non-hydrogen) atoms. The Morgan fingerprint density at radius 3 is 2.60 bits per heavy atom. The Morgan fingerprint density at radius 2 is 2.60 bits per heavy atom. The van der Waals surface area contributed by atoms with Crippen LogP contribution in [0.15, 0.2) is 5.16 Å². The Labute approximate surface area is 38.6 Å². The van der Waals surface area contributed by atoms with Gasteiger partial charge in [-0.2, -0.15) is 0 Å². The minimum atomic E-state index is 0.615. The molecular weight excluding hydrogens is 134 g/mol. The number of oxime groups is 1. The van der Waals surface area contributed by atoms with Gasteiger partial charge in [-0.25, -0.2) is 0 Å². The van der Waals surface area contributed by atoms with Gasteiger partial charge in [0, 0.05) is 5.33 Å². The molecule has 0 aromatic carbocycles. The maximum Gasteiger partial charge on any atom is 0.0541 e. The SMILES string of the molecule is ON=CCBr. The van der Waals surface area contributed by atoms with Crippen LogP contribution in [0.4, 0.5) is 0 Å². The van der Waals surface area contributed by atoms with E-state index in [1.54, 1.807) is 0 Å². The maximum absolute atomic E-state index is 7.61. The van der Waals surface area contributed by atoms with Crippen molar-refractivity contribution in [3.8, 4) is 0 Å². The highest BCUT2D eigenvalue weighted by atomic mass is 79.9. The average Bonchev–Trinajstić information content (AvgIpc) is 1.41. The summed E-state index contributed by atoms with van der Waals surface area (Å²) in [6, 6.07) is 0. The zero-order valence-electron chi connectivity index (χ0n) is 2.56. The lowest BCUT2D eigenvalue weighted by molar-refractivity contribution is 0.321. The number of rotatable bonds is 1. The molecule has 0 fully saturated rings. The number of hydrogen-bond acceptors (Lipinski definition) is 2. The molecule has 0 aromatic rings. The average molecular weight is 138 g/mol. The van der Waals surface area contributed by atoms with E-state index >= 15 is 0 Å². The Morgan fingerprint density at radius 1 is 2.00 bits per heavy atom. The molecular formula is C2H4BrNO. The van der Waals surface area contributed by atoms with Gasteiger partial charge >= 0.3 is 0 Å². The van der Waals surface area contributed by atoms with E-state index in [1.807, 2.05) is 0 Å². The van der Waals surface area contributed by atoms with Crippen molar-refractivity contribution < 1.29 is 5.21 Å². The molecule has 0 amide bonds. The fourth-order valence-electron chi connectivity index (χ4n) is 0.0309. The van der Waals surface area contributed by atoms with Crippen molar-refractivity contribution in [1.82, 2.24) is 0 Å². The van der Waals surface area contributed by atoms with Gasteiger partial charge in [0.1, 0.15) is 0 Å². The van der Waals surface area contributed by atoms with Gasteiger partial charge in [0.2, 0.25) is 0 Å². The molecule has 0 radical (unpaired) electrons. The molecule has 0 saturated heterocycles. The van der Waals surface area contributed by atoms with Gasteiger partial charge < -0.3 is 5.21 Å². The Kier molecular flexibility index (Phi) is 3.91. The van der Waals surface area contributed by atoms with E-state index in [4.69, 9.17) is 5.21 Å². The predicted octanol–water partition coefficient (Wildman–Crippen LogP) is 0.841. The van der Waals surface area contributed by atoms with Gasteiger partial charge in [0.15, 0.2) is 0 Å². The molecule has 0 unspecified atom stereocenters. The molecule has 30 valence electrons. The van der Waals surface area contributed by atoms with Crippen molar-refractivity contribution in [2.45, 2.75) is 0 Å². The molecule has 0 aliphatic rings. The van der Waals surface area contributed by atoms with Crippen molar-refractivity contribution >= 4 is 22.1 Å². The van der Waals surface area contributed by atoms with Crippen LogP contribution in [0.5, 0.6) is 0 Å². The highest BCUT2D eigenvalue weighted by molar-refractivity contribution is 9.09. The lowest BCUT2D eigenvalue weighted by Crippen LogP contribution is -1.66. The van der Waals surface area contributed by atoms with Gasteiger partial charge in [-0.15, -0.1) is 5.16 Å². The molecule has 0 aromatic heterocycles. The first-order chi connectivity index (χ1) is 2.41. The van der Waals surface area contributed by atoms with Gasteiger partial charge in [-0.3, -0.25) is 0 Å². The lowest BCUT2D eigenvalue weighted by atomic mass is 10.9. The maximum atomic E-state index is 7.61. The van der Waals surface area contributed by atoms with Crippen molar-refractivity contribution in [2.24, 2.45) is 5.16 Å². The van der Waals surface area contributed by atoms with Crippen LogP contribution >= 0.6 is 15.9 Å². The summed E-state index contributed by atoms with van der Waals surface area (Å²) in [6.45, 7) is 0. The van der Waals surface area contributed by atoms with Crippen LogP contribution in [0.3, 0.4) is 0 Å². The van der Waals surface area contributed by atoms with Crippen LogP contribution in [-0.4, -0.2) is 16.8 Å². The second-order valence-electron chi connectivity index (χ2n) is 0.452.